The average Bonchev–Trinajstić information content (AvgIpc) is 2.62. The van der Waals surface area contributed by atoms with Crippen LogP contribution in [0.1, 0.15) is 10.4 Å². The normalized spacial score (nSPS) is 10.5. The number of amides is 1. The van der Waals surface area contributed by atoms with E-state index in [2.05, 4.69) is 0 Å². The van der Waals surface area contributed by atoms with Crippen molar-refractivity contribution in [3.8, 4) is 22.3 Å². The van der Waals surface area contributed by atoms with E-state index < -0.39 is 5.91 Å². The second-order valence-electron chi connectivity index (χ2n) is 5.33. The zero-order chi connectivity index (χ0) is 17.1. The molecule has 0 radical (unpaired) electrons. The third kappa shape index (κ3) is 3.13. The Morgan fingerprint density at radius 1 is 0.875 bits per heavy atom. The third-order valence-electron chi connectivity index (χ3n) is 3.82. The van der Waals surface area contributed by atoms with Crippen LogP contribution in [0.5, 0.6) is 0 Å². The number of hydrogen-bond donors (Lipinski definition) is 3. The number of carbonyl (C=O) groups excluding carboxylic acids is 1. The molecule has 5 N–H and O–H groups in total. The van der Waals surface area contributed by atoms with Gasteiger partial charge in [-0.25, -0.2) is 0 Å². The van der Waals surface area contributed by atoms with Crippen molar-refractivity contribution < 1.29 is 9.35 Å². The molecule has 0 bridgehead atoms. The standard InChI is InChI=1S/C19H16N2O2S/c20-18-16(13-6-8-15(24-23)9-7-13)10-14(11-17(18)19(21)22)12-4-2-1-3-5-12/h1-11,23H,20H2,(H2,21,22). The Balaban J connectivity index is 2.20. The molecule has 0 heterocycles. The van der Waals surface area contributed by atoms with Crippen molar-refractivity contribution in [3.05, 3.63) is 72.3 Å². The summed E-state index contributed by atoms with van der Waals surface area (Å²) in [5, 5.41) is 0. The van der Waals surface area contributed by atoms with Crippen LogP contribution in [0.3, 0.4) is 0 Å². The highest BCUT2D eigenvalue weighted by atomic mass is 32.2. The highest BCUT2D eigenvalue weighted by Gasteiger charge is 2.14. The summed E-state index contributed by atoms with van der Waals surface area (Å²) in [6.45, 7) is 0. The van der Waals surface area contributed by atoms with Crippen molar-refractivity contribution >= 4 is 23.6 Å². The van der Waals surface area contributed by atoms with Crippen LogP contribution in [0.4, 0.5) is 5.69 Å². The summed E-state index contributed by atoms with van der Waals surface area (Å²) in [4.78, 5) is 12.5. The van der Waals surface area contributed by atoms with E-state index in [1.54, 1.807) is 18.2 Å². The van der Waals surface area contributed by atoms with Crippen molar-refractivity contribution in [2.45, 2.75) is 4.90 Å². The van der Waals surface area contributed by atoms with E-state index in [1.807, 2.05) is 48.5 Å². The Morgan fingerprint density at radius 3 is 2.12 bits per heavy atom. The minimum atomic E-state index is -0.561. The maximum absolute atomic E-state index is 11.8. The van der Waals surface area contributed by atoms with Crippen molar-refractivity contribution in [3.63, 3.8) is 0 Å². The highest BCUT2D eigenvalue weighted by molar-refractivity contribution is 7.93. The minimum absolute atomic E-state index is 0.298. The van der Waals surface area contributed by atoms with E-state index in [0.29, 0.717) is 23.3 Å². The molecule has 0 fully saturated rings. The number of nitrogens with two attached hydrogens (primary N) is 2. The fraction of sp³-hybridized carbons (Fsp3) is 0. The van der Waals surface area contributed by atoms with Gasteiger partial charge in [-0.15, -0.1) is 0 Å². The lowest BCUT2D eigenvalue weighted by Crippen LogP contribution is -2.14. The Labute approximate surface area is 144 Å². The van der Waals surface area contributed by atoms with Gasteiger partial charge in [0.1, 0.15) is 0 Å². The number of anilines is 1. The predicted octanol–water partition coefficient (Wildman–Crippen LogP) is 4.27. The summed E-state index contributed by atoms with van der Waals surface area (Å²) in [5.74, 6) is -0.561. The van der Waals surface area contributed by atoms with Crippen LogP contribution in [0.25, 0.3) is 22.3 Å². The average molecular weight is 336 g/mol. The summed E-state index contributed by atoms with van der Waals surface area (Å²) in [5.41, 5.74) is 15.8. The molecular formula is C19H16N2O2S. The van der Waals surface area contributed by atoms with Gasteiger partial charge in [-0.3, -0.25) is 4.79 Å². The Kier molecular flexibility index (Phi) is 4.55. The molecule has 0 saturated carbocycles. The lowest BCUT2D eigenvalue weighted by atomic mass is 9.94. The van der Waals surface area contributed by atoms with E-state index in [-0.39, 0.29) is 0 Å². The SMILES string of the molecule is NC(=O)c1cc(-c2ccccc2)cc(-c2ccc(SO)cc2)c1N. The number of carbonyl (C=O) groups is 1. The van der Waals surface area contributed by atoms with Crippen molar-refractivity contribution in [1.29, 1.82) is 0 Å². The first-order valence-corrected chi connectivity index (χ1v) is 8.08. The van der Waals surface area contributed by atoms with E-state index in [1.165, 1.54) is 0 Å². The third-order valence-corrected chi connectivity index (χ3v) is 4.31. The molecule has 0 aliphatic rings. The quantitative estimate of drug-likeness (QED) is 0.490. The molecule has 5 heteroatoms. The van der Waals surface area contributed by atoms with Crippen LogP contribution in [0.2, 0.25) is 0 Å². The van der Waals surface area contributed by atoms with Crippen LogP contribution < -0.4 is 11.5 Å². The van der Waals surface area contributed by atoms with Gasteiger partial charge in [0.2, 0.25) is 0 Å². The molecule has 0 atom stereocenters. The Hall–Kier alpha value is -2.76. The van der Waals surface area contributed by atoms with Gasteiger partial charge in [-0.2, -0.15) is 0 Å². The van der Waals surface area contributed by atoms with Gasteiger partial charge in [-0.1, -0.05) is 42.5 Å². The van der Waals surface area contributed by atoms with Crippen molar-refractivity contribution in [2.75, 3.05) is 5.73 Å². The molecule has 1 amide bonds. The molecule has 0 aliphatic heterocycles. The van der Waals surface area contributed by atoms with E-state index in [4.69, 9.17) is 16.0 Å². The fourth-order valence-electron chi connectivity index (χ4n) is 2.59. The molecule has 3 aromatic carbocycles. The molecule has 0 spiro atoms. The number of primary amides is 1. The minimum Gasteiger partial charge on any atom is -0.398 e. The summed E-state index contributed by atoms with van der Waals surface area (Å²) < 4.78 is 9.09. The maximum atomic E-state index is 11.8. The van der Waals surface area contributed by atoms with E-state index in [0.717, 1.165) is 27.1 Å². The number of nitrogen functional groups attached to an aromatic ring is 1. The summed E-state index contributed by atoms with van der Waals surface area (Å²) in [7, 11) is 0. The van der Waals surface area contributed by atoms with Gasteiger partial charge in [0.15, 0.2) is 0 Å². The zero-order valence-corrected chi connectivity index (χ0v) is 13.6. The van der Waals surface area contributed by atoms with Gasteiger partial charge in [-0.05, 0) is 41.0 Å². The molecule has 0 aromatic heterocycles. The predicted molar refractivity (Wildman–Crippen MR) is 98.7 cm³/mol. The Bertz CT molecular complexity index is 878. The monoisotopic (exact) mass is 336 g/mol. The summed E-state index contributed by atoms with van der Waals surface area (Å²) >= 11 is 0.680. The molecule has 0 aliphatic carbocycles. The lowest BCUT2D eigenvalue weighted by molar-refractivity contribution is 0.100. The lowest BCUT2D eigenvalue weighted by Gasteiger charge is -2.13. The second kappa shape index (κ2) is 6.78. The summed E-state index contributed by atoms with van der Waals surface area (Å²) in [6, 6.07) is 20.7. The molecule has 3 aromatic rings. The van der Waals surface area contributed by atoms with Gasteiger partial charge in [0.25, 0.3) is 5.91 Å². The highest BCUT2D eigenvalue weighted by Crippen LogP contribution is 2.34. The topological polar surface area (TPSA) is 89.3 Å². The van der Waals surface area contributed by atoms with Crippen molar-refractivity contribution in [2.24, 2.45) is 5.73 Å². The smallest absolute Gasteiger partial charge is 0.250 e. The van der Waals surface area contributed by atoms with Crippen LogP contribution in [0.15, 0.2) is 71.6 Å². The number of rotatable bonds is 4. The first-order valence-electron chi connectivity index (χ1n) is 7.30. The molecule has 0 unspecified atom stereocenters. The molecule has 4 nitrogen and oxygen atoms in total. The van der Waals surface area contributed by atoms with Gasteiger partial charge in [0.05, 0.1) is 11.3 Å². The summed E-state index contributed by atoms with van der Waals surface area (Å²) in [6.07, 6.45) is 0. The molecule has 120 valence electrons. The number of benzene rings is 3. The van der Waals surface area contributed by atoms with Crippen LogP contribution in [-0.2, 0) is 0 Å². The van der Waals surface area contributed by atoms with E-state index >= 15 is 0 Å². The van der Waals surface area contributed by atoms with Gasteiger partial charge >= 0.3 is 0 Å². The van der Waals surface area contributed by atoms with Crippen LogP contribution in [0, 0.1) is 0 Å². The van der Waals surface area contributed by atoms with Gasteiger partial charge in [0, 0.05) is 22.5 Å². The van der Waals surface area contributed by atoms with Crippen LogP contribution in [-0.4, -0.2) is 10.5 Å². The maximum Gasteiger partial charge on any atom is 0.250 e. The fourth-order valence-corrected chi connectivity index (χ4v) is 2.85. The number of hydrogen-bond acceptors (Lipinski definition) is 4. The van der Waals surface area contributed by atoms with Gasteiger partial charge < -0.3 is 16.0 Å². The largest absolute Gasteiger partial charge is 0.398 e. The zero-order valence-electron chi connectivity index (χ0n) is 12.8. The second-order valence-corrected chi connectivity index (χ2v) is 5.98. The first kappa shape index (κ1) is 16.1. The molecule has 3 rings (SSSR count). The molecule has 0 saturated heterocycles. The van der Waals surface area contributed by atoms with E-state index in [9.17, 15) is 4.79 Å². The molecular weight excluding hydrogens is 320 g/mol. The molecule has 24 heavy (non-hydrogen) atoms. The Morgan fingerprint density at radius 2 is 1.54 bits per heavy atom. The van der Waals surface area contributed by atoms with Crippen LogP contribution >= 0.6 is 12.0 Å². The van der Waals surface area contributed by atoms with Crippen molar-refractivity contribution in [1.82, 2.24) is 0 Å². The first-order chi connectivity index (χ1) is 11.6.